The first-order chi connectivity index (χ1) is 8.11. The Morgan fingerprint density at radius 1 is 1.35 bits per heavy atom. The number of methoxy groups -OCH3 is 2. The summed E-state index contributed by atoms with van der Waals surface area (Å²) in [6.07, 6.45) is 2.45. The monoisotopic (exact) mass is 237 g/mol. The number of phenolic OH excluding ortho intramolecular Hbond substituents is 1. The lowest BCUT2D eigenvalue weighted by Gasteiger charge is -2.13. The molecule has 2 aromatic rings. The van der Waals surface area contributed by atoms with Gasteiger partial charge in [-0.3, -0.25) is 0 Å². The maximum Gasteiger partial charge on any atom is 0.273 e. The quantitative estimate of drug-likeness (QED) is 0.334. The molecule has 0 unspecified atom stereocenters. The van der Waals surface area contributed by atoms with Crippen molar-refractivity contribution in [1.29, 1.82) is 0 Å². The van der Waals surface area contributed by atoms with Crippen LogP contribution in [-0.2, 0) is 0 Å². The van der Waals surface area contributed by atoms with Crippen LogP contribution in [0.5, 0.6) is 17.2 Å². The molecule has 3 N–H and O–H groups in total. The fourth-order valence-corrected chi connectivity index (χ4v) is 1.66. The van der Waals surface area contributed by atoms with Crippen molar-refractivity contribution >= 4 is 16.7 Å². The zero-order valence-electron chi connectivity index (χ0n) is 9.30. The summed E-state index contributed by atoms with van der Waals surface area (Å²) in [6.45, 7) is 0. The van der Waals surface area contributed by atoms with Gasteiger partial charge < -0.3 is 25.5 Å². The summed E-state index contributed by atoms with van der Waals surface area (Å²) in [5.74, 6) is -0.120. The number of anilines is 1. The summed E-state index contributed by atoms with van der Waals surface area (Å²) in [5.41, 5.74) is 5.98. The van der Waals surface area contributed by atoms with Gasteiger partial charge in [0.05, 0.1) is 20.4 Å². The minimum atomic E-state index is -0.279. The molecule has 0 radical (unpaired) electrons. The molecule has 0 saturated carbocycles. The van der Waals surface area contributed by atoms with Gasteiger partial charge in [-0.2, -0.15) is 4.73 Å². The first-order valence-corrected chi connectivity index (χ1v) is 4.72. The van der Waals surface area contributed by atoms with E-state index in [9.17, 15) is 10.3 Å². The highest BCUT2D eigenvalue weighted by molar-refractivity contribution is 5.95. The maximum atomic E-state index is 11.6. The van der Waals surface area contributed by atoms with Crippen LogP contribution in [0.15, 0.2) is 12.4 Å². The Balaban J connectivity index is 2.99. The van der Waals surface area contributed by atoms with Crippen LogP contribution in [0.4, 0.5) is 5.69 Å². The molecule has 1 heterocycles. The third-order valence-electron chi connectivity index (χ3n) is 2.40. The smallest absolute Gasteiger partial charge is 0.273 e. The molecule has 0 atom stereocenters. The first kappa shape index (κ1) is 11.1. The van der Waals surface area contributed by atoms with Crippen LogP contribution in [0.3, 0.4) is 0 Å². The number of rotatable bonds is 2. The lowest BCUT2D eigenvalue weighted by atomic mass is 10.2. The third kappa shape index (κ3) is 1.43. The summed E-state index contributed by atoms with van der Waals surface area (Å²) in [7, 11) is 2.72. The number of fused-ring (bicyclic) bond motifs is 1. The number of nitrogen functional groups attached to an aromatic ring is 1. The van der Waals surface area contributed by atoms with Gasteiger partial charge in [0, 0.05) is 0 Å². The average molecular weight is 237 g/mol. The lowest BCUT2D eigenvalue weighted by molar-refractivity contribution is -0.576. The number of nitrogens with two attached hydrogens (primary N) is 1. The number of hydrogen-bond acceptors (Lipinski definition) is 6. The standard InChI is InChI=1S/C10H11N3O4/c1-16-9-5(11)7-6(8(14)10(9)17-2)12-3-4-13(7)15/h3-4,14H,11H2,1-2H3. The van der Waals surface area contributed by atoms with E-state index in [-0.39, 0.29) is 34.0 Å². The normalized spacial score (nSPS) is 10.5. The van der Waals surface area contributed by atoms with Crippen LogP contribution >= 0.6 is 0 Å². The third-order valence-corrected chi connectivity index (χ3v) is 2.40. The van der Waals surface area contributed by atoms with E-state index in [1.807, 2.05) is 0 Å². The van der Waals surface area contributed by atoms with E-state index in [1.165, 1.54) is 26.6 Å². The SMILES string of the molecule is COc1c(OC)c(N)c2c(ncc[n+]2[O-])c1O. The molecule has 90 valence electrons. The maximum absolute atomic E-state index is 11.6. The van der Waals surface area contributed by atoms with Crippen LogP contribution in [0.1, 0.15) is 0 Å². The number of phenols is 1. The lowest BCUT2D eigenvalue weighted by Crippen LogP contribution is -2.27. The topological polar surface area (TPSA) is 105 Å². The summed E-state index contributed by atoms with van der Waals surface area (Å²) >= 11 is 0. The molecular weight excluding hydrogens is 226 g/mol. The highest BCUT2D eigenvalue weighted by atomic mass is 16.5. The zero-order valence-corrected chi connectivity index (χ0v) is 9.30. The van der Waals surface area contributed by atoms with Gasteiger partial charge in [-0.05, 0) is 0 Å². The van der Waals surface area contributed by atoms with Gasteiger partial charge >= 0.3 is 0 Å². The number of hydrogen-bond donors (Lipinski definition) is 2. The summed E-state index contributed by atoms with van der Waals surface area (Å²) in [4.78, 5) is 3.90. The zero-order chi connectivity index (χ0) is 12.6. The fraction of sp³-hybridized carbons (Fsp3) is 0.200. The predicted molar refractivity (Wildman–Crippen MR) is 59.9 cm³/mol. The Kier molecular flexibility index (Phi) is 2.51. The molecule has 1 aromatic heterocycles. The highest BCUT2D eigenvalue weighted by Gasteiger charge is 2.25. The van der Waals surface area contributed by atoms with E-state index >= 15 is 0 Å². The predicted octanol–water partition coefficient (Wildman–Crippen LogP) is 0.173. The Labute approximate surface area is 96.6 Å². The van der Waals surface area contributed by atoms with Gasteiger partial charge in [-0.25, -0.2) is 4.98 Å². The van der Waals surface area contributed by atoms with Crippen molar-refractivity contribution < 1.29 is 19.3 Å². The van der Waals surface area contributed by atoms with Crippen LogP contribution in [0.2, 0.25) is 0 Å². The number of benzene rings is 1. The summed E-state index contributed by atoms with van der Waals surface area (Å²) in [6, 6.07) is 0. The minimum absolute atomic E-state index is 0.0441. The Hall–Kier alpha value is -2.44. The number of nitrogens with zero attached hydrogens (tertiary/aromatic N) is 2. The molecule has 2 rings (SSSR count). The molecule has 0 bridgehead atoms. The molecule has 0 spiro atoms. The van der Waals surface area contributed by atoms with Crippen molar-refractivity contribution in [3.8, 4) is 17.2 Å². The Morgan fingerprint density at radius 2 is 2.00 bits per heavy atom. The fourth-order valence-electron chi connectivity index (χ4n) is 1.66. The second-order valence-electron chi connectivity index (χ2n) is 3.28. The van der Waals surface area contributed by atoms with Gasteiger partial charge in [-0.15, -0.1) is 0 Å². The molecule has 1 aromatic carbocycles. The van der Waals surface area contributed by atoms with E-state index in [2.05, 4.69) is 4.98 Å². The van der Waals surface area contributed by atoms with Gasteiger partial charge in [0.15, 0.2) is 28.9 Å². The van der Waals surface area contributed by atoms with Crippen molar-refractivity contribution in [2.75, 3.05) is 20.0 Å². The van der Waals surface area contributed by atoms with Crippen LogP contribution in [0.25, 0.3) is 11.0 Å². The molecular formula is C10H11N3O4. The number of ether oxygens (including phenoxy) is 2. The second-order valence-corrected chi connectivity index (χ2v) is 3.28. The van der Waals surface area contributed by atoms with Gasteiger partial charge in [0.2, 0.25) is 5.75 Å². The van der Waals surface area contributed by atoms with Crippen LogP contribution in [-0.4, -0.2) is 24.3 Å². The van der Waals surface area contributed by atoms with Crippen molar-refractivity contribution in [2.45, 2.75) is 0 Å². The summed E-state index contributed by atoms with van der Waals surface area (Å²) < 4.78 is 10.5. The van der Waals surface area contributed by atoms with E-state index in [0.29, 0.717) is 4.73 Å². The van der Waals surface area contributed by atoms with E-state index < -0.39 is 0 Å². The molecule has 7 nitrogen and oxygen atoms in total. The Morgan fingerprint density at radius 3 is 2.59 bits per heavy atom. The van der Waals surface area contributed by atoms with Crippen molar-refractivity contribution in [2.24, 2.45) is 0 Å². The minimum Gasteiger partial charge on any atom is -0.618 e. The molecule has 0 amide bonds. The number of aromatic hydroxyl groups is 1. The van der Waals surface area contributed by atoms with Crippen LogP contribution < -0.4 is 19.9 Å². The molecule has 0 fully saturated rings. The largest absolute Gasteiger partial charge is 0.618 e. The first-order valence-electron chi connectivity index (χ1n) is 4.72. The van der Waals surface area contributed by atoms with E-state index in [4.69, 9.17) is 15.2 Å². The molecule has 7 heteroatoms. The van der Waals surface area contributed by atoms with Crippen molar-refractivity contribution in [3.05, 3.63) is 17.6 Å². The van der Waals surface area contributed by atoms with Crippen molar-refractivity contribution in [3.63, 3.8) is 0 Å². The van der Waals surface area contributed by atoms with Crippen LogP contribution in [0, 0.1) is 5.21 Å². The molecule has 0 aliphatic rings. The van der Waals surface area contributed by atoms with Gasteiger partial charge in [-0.1, -0.05) is 0 Å². The number of aromatic nitrogens is 2. The second kappa shape index (κ2) is 3.85. The molecule has 0 aliphatic heterocycles. The average Bonchev–Trinajstić information content (AvgIpc) is 2.33. The molecule has 0 saturated heterocycles. The molecule has 0 aliphatic carbocycles. The van der Waals surface area contributed by atoms with Gasteiger partial charge in [0.25, 0.3) is 5.52 Å². The van der Waals surface area contributed by atoms with E-state index in [1.54, 1.807) is 0 Å². The Bertz CT molecular complexity index is 586. The highest BCUT2D eigenvalue weighted by Crippen LogP contribution is 2.45. The van der Waals surface area contributed by atoms with E-state index in [0.717, 1.165) is 0 Å². The van der Waals surface area contributed by atoms with Gasteiger partial charge in [0.1, 0.15) is 0 Å². The van der Waals surface area contributed by atoms with Crippen molar-refractivity contribution in [1.82, 2.24) is 4.98 Å². The summed E-state index contributed by atoms with van der Waals surface area (Å²) in [5, 5.41) is 21.5. The molecule has 17 heavy (non-hydrogen) atoms.